The van der Waals surface area contributed by atoms with Crippen LogP contribution >= 0.6 is 0 Å². The van der Waals surface area contributed by atoms with Crippen molar-refractivity contribution < 1.29 is 5.21 Å². The second kappa shape index (κ2) is 5.14. The van der Waals surface area contributed by atoms with Crippen molar-refractivity contribution in [3.05, 3.63) is 29.4 Å². The summed E-state index contributed by atoms with van der Waals surface area (Å²) < 4.78 is 1.08. The molecular weight excluding hydrogens is 204 g/mol. The molecule has 88 valence electrons. The van der Waals surface area contributed by atoms with E-state index in [0.717, 1.165) is 36.5 Å². The van der Waals surface area contributed by atoms with E-state index in [4.69, 9.17) is 0 Å². The number of rotatable bonds is 2. The summed E-state index contributed by atoms with van der Waals surface area (Å²) in [5.41, 5.74) is 1.62. The predicted octanol–water partition coefficient (Wildman–Crippen LogP) is -0.203. The number of piperazine rings is 1. The summed E-state index contributed by atoms with van der Waals surface area (Å²) in [6.07, 6.45) is 1.66. The molecule has 1 aromatic heterocycles. The van der Waals surface area contributed by atoms with Crippen LogP contribution < -0.4 is 10.8 Å². The molecule has 0 unspecified atom stereocenters. The molecule has 0 amide bonds. The Labute approximate surface area is 95.0 Å². The molecular formula is C11H18N4O. The lowest BCUT2D eigenvalue weighted by Crippen LogP contribution is -2.43. The van der Waals surface area contributed by atoms with Crippen molar-refractivity contribution in [2.45, 2.75) is 6.92 Å². The summed E-state index contributed by atoms with van der Waals surface area (Å²) in [6.45, 7) is 6.64. The van der Waals surface area contributed by atoms with E-state index < -0.39 is 0 Å². The van der Waals surface area contributed by atoms with Crippen molar-refractivity contribution in [2.24, 2.45) is 4.99 Å². The summed E-state index contributed by atoms with van der Waals surface area (Å²) in [4.78, 5) is 6.64. The minimum absolute atomic E-state index is 0.601. The molecule has 16 heavy (non-hydrogen) atoms. The molecule has 1 saturated heterocycles. The van der Waals surface area contributed by atoms with Crippen molar-refractivity contribution in [1.82, 2.24) is 14.9 Å². The Morgan fingerprint density at radius 3 is 2.81 bits per heavy atom. The fraction of sp³-hybridized carbons (Fsp3) is 0.545. The fourth-order valence-electron chi connectivity index (χ4n) is 1.73. The van der Waals surface area contributed by atoms with Crippen LogP contribution in [0, 0.1) is 6.92 Å². The third-order valence-corrected chi connectivity index (χ3v) is 2.70. The highest BCUT2D eigenvalue weighted by Gasteiger charge is 2.07. The zero-order valence-corrected chi connectivity index (χ0v) is 9.56. The van der Waals surface area contributed by atoms with Gasteiger partial charge in [-0.2, -0.15) is 4.73 Å². The van der Waals surface area contributed by atoms with E-state index in [1.807, 2.05) is 19.1 Å². The van der Waals surface area contributed by atoms with E-state index in [-0.39, 0.29) is 0 Å². The molecule has 0 radical (unpaired) electrons. The Bertz CT molecular complexity index is 407. The average Bonchev–Trinajstić information content (AvgIpc) is 2.29. The van der Waals surface area contributed by atoms with Gasteiger partial charge in [-0.15, -0.1) is 0 Å². The maximum absolute atomic E-state index is 9.61. The number of nitrogens with one attached hydrogen (secondary N) is 1. The number of aryl methyl sites for hydroxylation is 1. The lowest BCUT2D eigenvalue weighted by molar-refractivity contribution is 0.167. The first-order valence-corrected chi connectivity index (χ1v) is 5.58. The largest absolute Gasteiger partial charge is 0.427 e. The number of aromatic nitrogens is 1. The van der Waals surface area contributed by atoms with Crippen LogP contribution in [0.5, 0.6) is 0 Å². The lowest BCUT2D eigenvalue weighted by atomic mass is 10.3. The molecule has 2 rings (SSSR count). The first kappa shape index (κ1) is 11.2. The molecule has 0 atom stereocenters. The molecule has 1 aliphatic heterocycles. The Morgan fingerprint density at radius 1 is 1.38 bits per heavy atom. The Hall–Kier alpha value is -1.33. The number of nitrogens with zero attached hydrogens (tertiary/aromatic N) is 3. The van der Waals surface area contributed by atoms with E-state index in [2.05, 4.69) is 15.2 Å². The van der Waals surface area contributed by atoms with Gasteiger partial charge in [-0.1, -0.05) is 6.07 Å². The topological polar surface area (TPSA) is 52.8 Å². The third-order valence-electron chi connectivity index (χ3n) is 2.70. The monoisotopic (exact) mass is 222 g/mol. The number of pyridine rings is 1. The van der Waals surface area contributed by atoms with Crippen LogP contribution in [0.25, 0.3) is 0 Å². The number of hydrogen-bond donors (Lipinski definition) is 2. The van der Waals surface area contributed by atoms with E-state index in [9.17, 15) is 5.21 Å². The molecule has 0 aromatic carbocycles. The Balaban J connectivity index is 2.05. The van der Waals surface area contributed by atoms with Crippen molar-refractivity contribution in [1.29, 1.82) is 0 Å². The van der Waals surface area contributed by atoms with Crippen molar-refractivity contribution >= 4 is 0 Å². The van der Waals surface area contributed by atoms with Gasteiger partial charge in [0.05, 0.1) is 6.67 Å². The molecule has 5 heteroatoms. The standard InChI is InChI=1S/C11H18N4O/c1-10-2-3-11(15(16)8-10)13-9-14-6-4-12-5-7-14/h2-3,8,12,16H,4-7,9H2,1H3. The molecule has 0 saturated carbocycles. The van der Waals surface area contributed by atoms with Gasteiger partial charge in [0.25, 0.3) is 0 Å². The van der Waals surface area contributed by atoms with Crippen LogP contribution in [0.1, 0.15) is 5.56 Å². The Kier molecular flexibility index (Phi) is 3.58. The summed E-state index contributed by atoms with van der Waals surface area (Å²) in [5, 5.41) is 12.9. The maximum atomic E-state index is 9.61. The van der Waals surface area contributed by atoms with Crippen LogP contribution in [0.4, 0.5) is 0 Å². The fourth-order valence-corrected chi connectivity index (χ4v) is 1.73. The SMILES string of the molecule is Cc1ccc(=NCN2CCNCC2)n(O)c1. The van der Waals surface area contributed by atoms with E-state index in [1.54, 1.807) is 6.20 Å². The van der Waals surface area contributed by atoms with Gasteiger partial charge in [0, 0.05) is 32.4 Å². The van der Waals surface area contributed by atoms with Crippen LogP contribution in [0.3, 0.4) is 0 Å². The van der Waals surface area contributed by atoms with Crippen molar-refractivity contribution in [2.75, 3.05) is 32.8 Å². The van der Waals surface area contributed by atoms with E-state index in [0.29, 0.717) is 12.2 Å². The molecule has 1 aliphatic rings. The zero-order chi connectivity index (χ0) is 11.4. The third kappa shape index (κ3) is 2.84. The van der Waals surface area contributed by atoms with Crippen LogP contribution in [0.15, 0.2) is 23.3 Å². The smallest absolute Gasteiger partial charge is 0.164 e. The van der Waals surface area contributed by atoms with Gasteiger partial charge >= 0.3 is 0 Å². The summed E-state index contributed by atoms with van der Waals surface area (Å²) in [7, 11) is 0. The van der Waals surface area contributed by atoms with E-state index in [1.165, 1.54) is 0 Å². The summed E-state index contributed by atoms with van der Waals surface area (Å²) >= 11 is 0. The highest BCUT2D eigenvalue weighted by atomic mass is 16.5. The lowest BCUT2D eigenvalue weighted by Gasteiger charge is -2.25. The first-order valence-electron chi connectivity index (χ1n) is 5.58. The van der Waals surface area contributed by atoms with Crippen LogP contribution in [-0.4, -0.2) is 47.7 Å². The first-order chi connectivity index (χ1) is 7.75. The molecule has 0 bridgehead atoms. The van der Waals surface area contributed by atoms with E-state index >= 15 is 0 Å². The molecule has 0 aliphatic carbocycles. The highest BCUT2D eigenvalue weighted by Crippen LogP contribution is 1.92. The minimum Gasteiger partial charge on any atom is -0.427 e. The van der Waals surface area contributed by atoms with Gasteiger partial charge in [-0.25, -0.2) is 4.99 Å². The predicted molar refractivity (Wildman–Crippen MR) is 61.2 cm³/mol. The molecule has 5 nitrogen and oxygen atoms in total. The highest BCUT2D eigenvalue weighted by molar-refractivity contribution is 5.05. The number of hydrogen-bond acceptors (Lipinski definition) is 4. The average molecular weight is 222 g/mol. The Morgan fingerprint density at radius 2 is 2.12 bits per heavy atom. The summed E-state index contributed by atoms with van der Waals surface area (Å²) in [5.74, 6) is 0. The molecule has 2 N–H and O–H groups in total. The van der Waals surface area contributed by atoms with Gasteiger partial charge < -0.3 is 10.5 Å². The second-order valence-electron chi connectivity index (χ2n) is 4.08. The van der Waals surface area contributed by atoms with Gasteiger partial charge in [0.2, 0.25) is 0 Å². The minimum atomic E-state index is 0.601. The molecule has 0 spiro atoms. The summed E-state index contributed by atoms with van der Waals surface area (Å²) in [6, 6.07) is 3.78. The van der Waals surface area contributed by atoms with Crippen molar-refractivity contribution in [3.63, 3.8) is 0 Å². The van der Waals surface area contributed by atoms with Gasteiger partial charge in [-0.05, 0) is 18.6 Å². The molecule has 1 fully saturated rings. The van der Waals surface area contributed by atoms with Gasteiger partial charge in [0.1, 0.15) is 0 Å². The second-order valence-corrected chi connectivity index (χ2v) is 4.08. The zero-order valence-electron chi connectivity index (χ0n) is 9.56. The van der Waals surface area contributed by atoms with Crippen LogP contribution in [-0.2, 0) is 0 Å². The quantitative estimate of drug-likeness (QED) is 0.681. The van der Waals surface area contributed by atoms with Crippen LogP contribution in [0.2, 0.25) is 0 Å². The van der Waals surface area contributed by atoms with Gasteiger partial charge in [0.15, 0.2) is 5.49 Å². The molecule has 2 heterocycles. The molecule has 1 aromatic rings. The maximum Gasteiger partial charge on any atom is 0.164 e. The normalized spacial score (nSPS) is 18.9. The van der Waals surface area contributed by atoms with Crippen molar-refractivity contribution in [3.8, 4) is 0 Å². The van der Waals surface area contributed by atoms with Gasteiger partial charge in [-0.3, -0.25) is 4.90 Å².